The van der Waals surface area contributed by atoms with Crippen LogP contribution in [0.3, 0.4) is 0 Å². The lowest BCUT2D eigenvalue weighted by molar-refractivity contribution is -0.134. The van der Waals surface area contributed by atoms with Crippen LogP contribution in [0.1, 0.15) is 33.5 Å². The molecule has 1 unspecified atom stereocenters. The number of ether oxygens (including phenoxy) is 2. The van der Waals surface area contributed by atoms with Gasteiger partial charge in [-0.25, -0.2) is 5.01 Å². The molecule has 1 fully saturated rings. The van der Waals surface area contributed by atoms with Crippen LogP contribution in [0.2, 0.25) is 0 Å². The summed E-state index contributed by atoms with van der Waals surface area (Å²) in [6.45, 7) is 4.04. The highest BCUT2D eigenvalue weighted by molar-refractivity contribution is 7.12. The number of amides is 2. The second-order valence-electron chi connectivity index (χ2n) is 8.91. The molecule has 3 aromatic rings. The van der Waals surface area contributed by atoms with Crippen molar-refractivity contribution in [2.24, 2.45) is 5.10 Å². The first kappa shape index (κ1) is 25.2. The topological polar surface area (TPSA) is 87.8 Å². The number of methoxy groups -OCH3 is 1. The average Bonchev–Trinajstić information content (AvgIpc) is 3.73. The first-order valence-electron chi connectivity index (χ1n) is 12.3. The molecule has 2 amide bonds. The van der Waals surface area contributed by atoms with Gasteiger partial charge in [-0.05, 0) is 53.4 Å². The number of thiophene rings is 1. The first-order chi connectivity index (χ1) is 18.1. The second-order valence-corrected chi connectivity index (χ2v) is 9.85. The fraction of sp³-hybridized carbons (Fsp3) is 0.370. The van der Waals surface area contributed by atoms with Gasteiger partial charge in [0.15, 0.2) is 0 Å². The average molecular weight is 523 g/mol. The molecule has 9 nitrogen and oxygen atoms in total. The largest absolute Gasteiger partial charge is 0.497 e. The van der Waals surface area contributed by atoms with Gasteiger partial charge in [0.2, 0.25) is 0 Å². The number of nitrogens with zero attached hydrogens (tertiary/aromatic N) is 4. The quantitative estimate of drug-likeness (QED) is 0.428. The predicted octanol–water partition coefficient (Wildman–Crippen LogP) is 3.50. The minimum Gasteiger partial charge on any atom is -0.497 e. The second kappa shape index (κ2) is 11.7. The molecular formula is C27H30N4O5S. The van der Waals surface area contributed by atoms with Crippen LogP contribution in [0.4, 0.5) is 0 Å². The monoisotopic (exact) mass is 522 g/mol. The third-order valence-electron chi connectivity index (χ3n) is 6.60. The Balaban J connectivity index is 1.36. The number of rotatable bonds is 9. The molecule has 0 N–H and O–H groups in total. The van der Waals surface area contributed by atoms with Gasteiger partial charge in [-0.3, -0.25) is 14.5 Å². The summed E-state index contributed by atoms with van der Waals surface area (Å²) in [5.41, 5.74) is 1.69. The SMILES string of the molecule is COc1ccc(C2=NN(C(=O)CN(CCN3CCOCC3)C(=O)c3cccs3)C(c3ccco3)C2)cc1. The normalized spacial score (nSPS) is 18.0. The molecule has 10 heteroatoms. The molecule has 4 heterocycles. The van der Waals surface area contributed by atoms with E-state index >= 15 is 0 Å². The number of morpholine rings is 1. The lowest BCUT2D eigenvalue weighted by atomic mass is 10.0. The molecule has 2 aliphatic heterocycles. The third-order valence-corrected chi connectivity index (χ3v) is 7.45. The van der Waals surface area contributed by atoms with E-state index in [1.54, 1.807) is 30.4 Å². The number of hydrogen-bond donors (Lipinski definition) is 0. The molecule has 0 radical (unpaired) electrons. The number of furan rings is 1. The minimum atomic E-state index is -0.377. The van der Waals surface area contributed by atoms with Crippen molar-refractivity contribution < 1.29 is 23.5 Å². The summed E-state index contributed by atoms with van der Waals surface area (Å²) in [4.78, 5) is 31.5. The Labute approximate surface area is 219 Å². The van der Waals surface area contributed by atoms with Gasteiger partial charge in [0, 0.05) is 32.6 Å². The van der Waals surface area contributed by atoms with E-state index < -0.39 is 0 Å². The zero-order chi connectivity index (χ0) is 25.6. The molecule has 5 rings (SSSR count). The van der Waals surface area contributed by atoms with Gasteiger partial charge in [-0.15, -0.1) is 11.3 Å². The van der Waals surface area contributed by atoms with E-state index in [0.717, 1.165) is 30.1 Å². The van der Waals surface area contributed by atoms with E-state index in [9.17, 15) is 9.59 Å². The van der Waals surface area contributed by atoms with E-state index in [-0.39, 0.29) is 24.4 Å². The molecule has 1 atom stereocenters. The third kappa shape index (κ3) is 5.93. The van der Waals surface area contributed by atoms with Gasteiger partial charge in [0.25, 0.3) is 11.8 Å². The van der Waals surface area contributed by atoms with E-state index in [4.69, 9.17) is 19.0 Å². The number of benzene rings is 1. The smallest absolute Gasteiger partial charge is 0.264 e. The standard InChI is InChI=1S/C27H30N4O5S/c1-34-21-8-6-20(7-9-21)22-18-23(24-4-2-14-36-24)31(28-22)26(32)19-30(27(33)25-5-3-17-37-25)11-10-29-12-15-35-16-13-29/h2-9,14,17,23H,10-13,15-16,18-19H2,1H3. The van der Waals surface area contributed by atoms with E-state index in [1.807, 2.05) is 41.8 Å². The van der Waals surface area contributed by atoms with Crippen LogP contribution in [0, 0.1) is 0 Å². The summed E-state index contributed by atoms with van der Waals surface area (Å²) in [5, 5.41) is 8.06. The summed E-state index contributed by atoms with van der Waals surface area (Å²) >= 11 is 1.38. The Bertz CT molecular complexity index is 1200. The number of hydrazone groups is 1. The maximum atomic E-state index is 13.7. The highest BCUT2D eigenvalue weighted by atomic mass is 32.1. The highest BCUT2D eigenvalue weighted by Crippen LogP contribution is 2.33. The zero-order valence-corrected chi connectivity index (χ0v) is 21.6. The molecule has 37 heavy (non-hydrogen) atoms. The van der Waals surface area contributed by atoms with Gasteiger partial charge in [0.05, 0.1) is 37.2 Å². The minimum absolute atomic E-state index is 0.0718. The predicted molar refractivity (Wildman–Crippen MR) is 140 cm³/mol. The van der Waals surface area contributed by atoms with Crippen molar-refractivity contribution >= 4 is 28.9 Å². The van der Waals surface area contributed by atoms with Gasteiger partial charge in [-0.2, -0.15) is 5.10 Å². The molecule has 1 saturated heterocycles. The van der Waals surface area contributed by atoms with Crippen LogP contribution < -0.4 is 4.74 Å². The van der Waals surface area contributed by atoms with Crippen molar-refractivity contribution in [1.29, 1.82) is 0 Å². The van der Waals surface area contributed by atoms with Crippen molar-refractivity contribution in [2.45, 2.75) is 12.5 Å². The van der Waals surface area contributed by atoms with Crippen LogP contribution in [0.25, 0.3) is 0 Å². The van der Waals surface area contributed by atoms with Crippen molar-refractivity contribution in [3.8, 4) is 5.75 Å². The van der Waals surface area contributed by atoms with Crippen molar-refractivity contribution in [2.75, 3.05) is 53.0 Å². The molecule has 1 aromatic carbocycles. The highest BCUT2D eigenvalue weighted by Gasteiger charge is 2.36. The van der Waals surface area contributed by atoms with Gasteiger partial charge < -0.3 is 18.8 Å². The van der Waals surface area contributed by atoms with Gasteiger partial charge in [-0.1, -0.05) is 6.07 Å². The fourth-order valence-electron chi connectivity index (χ4n) is 4.53. The summed E-state index contributed by atoms with van der Waals surface area (Å²) in [6.07, 6.45) is 2.11. The van der Waals surface area contributed by atoms with E-state index in [0.29, 0.717) is 43.4 Å². The fourth-order valence-corrected chi connectivity index (χ4v) is 5.22. The molecule has 0 aliphatic carbocycles. The van der Waals surface area contributed by atoms with Gasteiger partial charge in [0.1, 0.15) is 24.1 Å². The Kier molecular flexibility index (Phi) is 7.98. The molecular weight excluding hydrogens is 492 g/mol. The lowest BCUT2D eigenvalue weighted by Gasteiger charge is -2.30. The van der Waals surface area contributed by atoms with E-state index in [2.05, 4.69) is 4.90 Å². The van der Waals surface area contributed by atoms with Crippen molar-refractivity contribution in [3.63, 3.8) is 0 Å². The van der Waals surface area contributed by atoms with Crippen LogP contribution in [0.5, 0.6) is 5.75 Å². The lowest BCUT2D eigenvalue weighted by Crippen LogP contribution is -2.46. The van der Waals surface area contributed by atoms with Crippen LogP contribution in [-0.2, 0) is 9.53 Å². The van der Waals surface area contributed by atoms with Crippen LogP contribution in [-0.4, -0.2) is 85.4 Å². The molecule has 2 aliphatic rings. The maximum Gasteiger partial charge on any atom is 0.264 e. The molecule has 0 saturated carbocycles. The van der Waals surface area contributed by atoms with Crippen molar-refractivity contribution in [3.05, 3.63) is 76.4 Å². The van der Waals surface area contributed by atoms with Crippen LogP contribution >= 0.6 is 11.3 Å². The summed E-state index contributed by atoms with van der Waals surface area (Å²) < 4.78 is 16.4. The zero-order valence-electron chi connectivity index (χ0n) is 20.7. The molecule has 0 bridgehead atoms. The Morgan fingerprint density at radius 2 is 1.95 bits per heavy atom. The summed E-state index contributed by atoms with van der Waals surface area (Å²) in [6, 6.07) is 14.5. The maximum absolute atomic E-state index is 13.7. The molecule has 2 aromatic heterocycles. The van der Waals surface area contributed by atoms with Gasteiger partial charge >= 0.3 is 0 Å². The van der Waals surface area contributed by atoms with Crippen molar-refractivity contribution in [1.82, 2.24) is 14.8 Å². The first-order valence-corrected chi connectivity index (χ1v) is 13.2. The molecule has 0 spiro atoms. The summed E-state index contributed by atoms with van der Waals surface area (Å²) in [5.74, 6) is 1.01. The van der Waals surface area contributed by atoms with Crippen LogP contribution in [0.15, 0.2) is 69.7 Å². The van der Waals surface area contributed by atoms with E-state index in [1.165, 1.54) is 16.3 Å². The number of hydrogen-bond acceptors (Lipinski definition) is 8. The molecule has 194 valence electrons. The Hall–Kier alpha value is -3.47. The Morgan fingerprint density at radius 3 is 2.62 bits per heavy atom. The number of carbonyl (C=O) groups is 2. The summed E-state index contributed by atoms with van der Waals surface area (Å²) in [7, 11) is 1.62. The Morgan fingerprint density at radius 1 is 1.14 bits per heavy atom. The number of carbonyl (C=O) groups excluding carboxylic acids is 2.